The molecule has 1 saturated carbocycles. The second-order valence-corrected chi connectivity index (χ2v) is 5.87. The molecule has 0 spiro atoms. The molecule has 1 amide bonds. The fourth-order valence-corrected chi connectivity index (χ4v) is 2.52. The zero-order valence-corrected chi connectivity index (χ0v) is 11.7. The molecule has 2 rings (SSSR count). The quantitative estimate of drug-likeness (QED) is 0.827. The first-order valence-electron chi connectivity index (χ1n) is 5.85. The Kier molecular flexibility index (Phi) is 4.04. The normalized spacial score (nSPS) is 18.0. The minimum atomic E-state index is -0.682. The highest BCUT2D eigenvalue weighted by Gasteiger charge is 2.31. The molecule has 92 valence electrons. The number of hydrogen-bond donors (Lipinski definition) is 2. The van der Waals surface area contributed by atoms with Gasteiger partial charge in [-0.25, -0.2) is 0 Å². The third-order valence-electron chi connectivity index (χ3n) is 3.22. The van der Waals surface area contributed by atoms with E-state index >= 15 is 0 Å². The highest BCUT2D eigenvalue weighted by molar-refractivity contribution is 14.1. The SMILES string of the molecule is O=C(NCC1(O)CCCC1)c1ccc(I)cc1. The molecule has 0 radical (unpaired) electrons. The van der Waals surface area contributed by atoms with Gasteiger partial charge in [0.15, 0.2) is 0 Å². The lowest BCUT2D eigenvalue weighted by Gasteiger charge is -2.22. The summed E-state index contributed by atoms with van der Waals surface area (Å²) in [7, 11) is 0. The number of carbonyl (C=O) groups is 1. The third kappa shape index (κ3) is 3.42. The van der Waals surface area contributed by atoms with Crippen molar-refractivity contribution < 1.29 is 9.90 Å². The Morgan fingerprint density at radius 2 is 1.88 bits per heavy atom. The average Bonchev–Trinajstić information content (AvgIpc) is 2.75. The van der Waals surface area contributed by atoms with Gasteiger partial charge in [0, 0.05) is 15.7 Å². The van der Waals surface area contributed by atoms with Crippen LogP contribution in [0.15, 0.2) is 24.3 Å². The molecule has 0 atom stereocenters. The number of halogens is 1. The number of hydrogen-bond acceptors (Lipinski definition) is 2. The maximum atomic E-state index is 11.8. The van der Waals surface area contributed by atoms with E-state index < -0.39 is 5.60 Å². The number of aliphatic hydroxyl groups is 1. The van der Waals surface area contributed by atoms with Crippen molar-refractivity contribution in [3.63, 3.8) is 0 Å². The molecular weight excluding hydrogens is 329 g/mol. The monoisotopic (exact) mass is 345 g/mol. The summed E-state index contributed by atoms with van der Waals surface area (Å²) in [6, 6.07) is 7.41. The molecule has 1 aromatic carbocycles. The zero-order valence-electron chi connectivity index (χ0n) is 9.58. The molecule has 0 unspecified atom stereocenters. The van der Waals surface area contributed by atoms with Gasteiger partial charge in [0.05, 0.1) is 5.60 Å². The van der Waals surface area contributed by atoms with Crippen LogP contribution in [0, 0.1) is 3.57 Å². The number of amides is 1. The summed E-state index contributed by atoms with van der Waals surface area (Å²) in [5.41, 5.74) is -0.0363. The Bertz CT molecular complexity index is 396. The van der Waals surface area contributed by atoms with Crippen LogP contribution in [0.3, 0.4) is 0 Å². The van der Waals surface area contributed by atoms with Gasteiger partial charge in [-0.1, -0.05) is 12.8 Å². The Labute approximate surface area is 115 Å². The first-order valence-corrected chi connectivity index (χ1v) is 6.93. The van der Waals surface area contributed by atoms with Gasteiger partial charge < -0.3 is 10.4 Å². The number of carbonyl (C=O) groups excluding carboxylic acids is 1. The minimum Gasteiger partial charge on any atom is -0.388 e. The molecule has 0 saturated heterocycles. The van der Waals surface area contributed by atoms with Gasteiger partial charge >= 0.3 is 0 Å². The van der Waals surface area contributed by atoms with Crippen LogP contribution in [-0.4, -0.2) is 23.2 Å². The molecule has 17 heavy (non-hydrogen) atoms. The standard InChI is InChI=1S/C13H16INO2/c14-11-5-3-10(4-6-11)12(16)15-9-13(17)7-1-2-8-13/h3-6,17H,1-2,7-9H2,(H,15,16). The van der Waals surface area contributed by atoms with Crippen LogP contribution in [0.1, 0.15) is 36.0 Å². The van der Waals surface area contributed by atoms with E-state index in [9.17, 15) is 9.90 Å². The summed E-state index contributed by atoms with van der Waals surface area (Å²) in [4.78, 5) is 11.8. The molecule has 1 aliphatic carbocycles. The van der Waals surface area contributed by atoms with Crippen molar-refractivity contribution in [1.82, 2.24) is 5.32 Å². The van der Waals surface area contributed by atoms with Crippen LogP contribution in [-0.2, 0) is 0 Å². The van der Waals surface area contributed by atoms with Crippen LogP contribution in [0.4, 0.5) is 0 Å². The van der Waals surface area contributed by atoms with Crippen LogP contribution < -0.4 is 5.32 Å². The molecule has 0 aromatic heterocycles. The fourth-order valence-electron chi connectivity index (χ4n) is 2.16. The fraction of sp³-hybridized carbons (Fsp3) is 0.462. The van der Waals surface area contributed by atoms with Crippen molar-refractivity contribution in [2.75, 3.05) is 6.54 Å². The van der Waals surface area contributed by atoms with E-state index in [1.54, 1.807) is 12.1 Å². The highest BCUT2D eigenvalue weighted by Crippen LogP contribution is 2.28. The van der Waals surface area contributed by atoms with Crippen molar-refractivity contribution in [2.24, 2.45) is 0 Å². The van der Waals surface area contributed by atoms with Crippen LogP contribution in [0.5, 0.6) is 0 Å². The van der Waals surface area contributed by atoms with Crippen molar-refractivity contribution in [2.45, 2.75) is 31.3 Å². The first kappa shape index (κ1) is 12.8. The van der Waals surface area contributed by atoms with Gasteiger partial charge in [0.1, 0.15) is 0 Å². The van der Waals surface area contributed by atoms with Crippen molar-refractivity contribution >= 4 is 28.5 Å². The molecule has 1 fully saturated rings. The van der Waals surface area contributed by atoms with E-state index in [1.165, 1.54) is 0 Å². The maximum absolute atomic E-state index is 11.8. The summed E-state index contributed by atoms with van der Waals surface area (Å²) >= 11 is 2.20. The molecular formula is C13H16INO2. The molecule has 1 aromatic rings. The predicted octanol–water partition coefficient (Wildman–Crippen LogP) is 2.33. The van der Waals surface area contributed by atoms with E-state index in [0.717, 1.165) is 29.3 Å². The minimum absolute atomic E-state index is 0.110. The smallest absolute Gasteiger partial charge is 0.251 e. The summed E-state index contributed by atoms with van der Waals surface area (Å²) in [6.07, 6.45) is 3.69. The van der Waals surface area contributed by atoms with Gasteiger partial charge in [-0.3, -0.25) is 4.79 Å². The Balaban J connectivity index is 1.91. The molecule has 3 nitrogen and oxygen atoms in total. The molecule has 4 heteroatoms. The van der Waals surface area contributed by atoms with Gasteiger partial charge in [-0.15, -0.1) is 0 Å². The Morgan fingerprint density at radius 3 is 2.47 bits per heavy atom. The lowest BCUT2D eigenvalue weighted by atomic mass is 10.0. The van der Waals surface area contributed by atoms with E-state index in [4.69, 9.17) is 0 Å². The van der Waals surface area contributed by atoms with Crippen molar-refractivity contribution in [1.29, 1.82) is 0 Å². The second-order valence-electron chi connectivity index (χ2n) is 4.62. The van der Waals surface area contributed by atoms with Gasteiger partial charge in [-0.2, -0.15) is 0 Å². The summed E-state index contributed by atoms with van der Waals surface area (Å²) in [6.45, 7) is 0.359. The van der Waals surface area contributed by atoms with E-state index in [1.807, 2.05) is 12.1 Å². The third-order valence-corrected chi connectivity index (χ3v) is 3.94. The summed E-state index contributed by atoms with van der Waals surface area (Å²) in [5.74, 6) is -0.110. The topological polar surface area (TPSA) is 49.3 Å². The largest absolute Gasteiger partial charge is 0.388 e. The number of benzene rings is 1. The van der Waals surface area contributed by atoms with Crippen LogP contribution >= 0.6 is 22.6 Å². The zero-order chi connectivity index (χ0) is 12.3. The van der Waals surface area contributed by atoms with Crippen LogP contribution in [0.2, 0.25) is 0 Å². The average molecular weight is 345 g/mol. The molecule has 0 bridgehead atoms. The summed E-state index contributed by atoms with van der Waals surface area (Å²) < 4.78 is 1.11. The van der Waals surface area contributed by atoms with E-state index in [0.29, 0.717) is 12.1 Å². The Morgan fingerprint density at radius 1 is 1.29 bits per heavy atom. The lowest BCUT2D eigenvalue weighted by molar-refractivity contribution is 0.0449. The van der Waals surface area contributed by atoms with Crippen molar-refractivity contribution in [3.8, 4) is 0 Å². The molecule has 0 heterocycles. The van der Waals surface area contributed by atoms with Crippen LogP contribution in [0.25, 0.3) is 0 Å². The lowest BCUT2D eigenvalue weighted by Crippen LogP contribution is -2.40. The van der Waals surface area contributed by atoms with E-state index in [2.05, 4.69) is 27.9 Å². The van der Waals surface area contributed by atoms with E-state index in [-0.39, 0.29) is 5.91 Å². The van der Waals surface area contributed by atoms with Gasteiger partial charge in [-0.05, 0) is 59.7 Å². The maximum Gasteiger partial charge on any atom is 0.251 e. The predicted molar refractivity (Wildman–Crippen MR) is 74.9 cm³/mol. The van der Waals surface area contributed by atoms with Gasteiger partial charge in [0.2, 0.25) is 0 Å². The van der Waals surface area contributed by atoms with Crippen molar-refractivity contribution in [3.05, 3.63) is 33.4 Å². The van der Waals surface area contributed by atoms with Gasteiger partial charge in [0.25, 0.3) is 5.91 Å². The highest BCUT2D eigenvalue weighted by atomic mass is 127. The number of nitrogens with one attached hydrogen (secondary N) is 1. The first-order chi connectivity index (χ1) is 8.09. The second kappa shape index (κ2) is 5.35. The molecule has 0 aliphatic heterocycles. The molecule has 1 aliphatic rings. The summed E-state index contributed by atoms with van der Waals surface area (Å²) in [5, 5.41) is 12.9. The Hall–Kier alpha value is -0.620. The molecule has 2 N–H and O–H groups in total. The number of rotatable bonds is 3.